The highest BCUT2D eigenvalue weighted by Crippen LogP contribution is 2.76. The number of carbonyl (C=O) groups is 1. The summed E-state index contributed by atoms with van der Waals surface area (Å²) in [7, 11) is 0. The molecule has 0 aromatic heterocycles. The normalized spacial score (nSPS) is 56.3. The molecule has 4 N–H and O–H groups in total. The van der Waals surface area contributed by atoms with Gasteiger partial charge in [0.2, 0.25) is 5.91 Å². The molecule has 5 aliphatic rings. The molecule has 5 rings (SSSR count). The van der Waals surface area contributed by atoms with Crippen molar-refractivity contribution >= 4 is 5.91 Å². The van der Waals surface area contributed by atoms with E-state index in [2.05, 4.69) is 48.5 Å². The predicted molar refractivity (Wildman–Crippen MR) is 137 cm³/mol. The number of hydrogen-bond donors (Lipinski definition) is 3. The molecule has 0 saturated heterocycles. The molecule has 4 heteroatoms. The van der Waals surface area contributed by atoms with Gasteiger partial charge in [-0.05, 0) is 121 Å². The van der Waals surface area contributed by atoms with Gasteiger partial charge in [0.15, 0.2) is 0 Å². The molecule has 0 aromatic rings. The van der Waals surface area contributed by atoms with E-state index in [4.69, 9.17) is 5.73 Å². The van der Waals surface area contributed by atoms with Crippen LogP contribution in [0.15, 0.2) is 0 Å². The highest BCUT2D eigenvalue weighted by molar-refractivity contribution is 5.81. The maximum atomic E-state index is 12.7. The third-order valence-corrected chi connectivity index (χ3v) is 14.2. The third kappa shape index (κ3) is 2.99. The van der Waals surface area contributed by atoms with Crippen LogP contribution in [0.4, 0.5) is 0 Å². The van der Waals surface area contributed by atoms with Gasteiger partial charge >= 0.3 is 0 Å². The van der Waals surface area contributed by atoms with Crippen LogP contribution in [0.2, 0.25) is 0 Å². The SMILES string of the molecule is CC1(C)C2CC[C@]3(C)[C@H](CC[C@@H]4[C@H]5C[C@@](C)(C(=O)NO)CC[C@]5(C)CC[C@]43C)[C@@]2(C)CC[C@@H]1N. The number of hydrogen-bond acceptors (Lipinski definition) is 3. The summed E-state index contributed by atoms with van der Waals surface area (Å²) in [6, 6.07) is 0.329. The lowest BCUT2D eigenvalue weighted by Crippen LogP contribution is -2.67. The number of nitrogens with two attached hydrogens (primary N) is 1. The Morgan fingerprint density at radius 2 is 1.44 bits per heavy atom. The van der Waals surface area contributed by atoms with Crippen LogP contribution in [0.3, 0.4) is 0 Å². The fourth-order valence-electron chi connectivity index (χ4n) is 11.5. The average Bonchev–Trinajstić information content (AvgIpc) is 2.77. The molecule has 0 heterocycles. The fourth-order valence-corrected chi connectivity index (χ4v) is 11.5. The highest BCUT2D eigenvalue weighted by Gasteiger charge is 2.69. The molecule has 10 atom stereocenters. The molecule has 4 nitrogen and oxygen atoms in total. The van der Waals surface area contributed by atoms with E-state index in [1.165, 1.54) is 51.4 Å². The first-order valence-corrected chi connectivity index (χ1v) is 14.4. The van der Waals surface area contributed by atoms with Crippen molar-refractivity contribution in [3.8, 4) is 0 Å². The molecule has 5 saturated carbocycles. The van der Waals surface area contributed by atoms with Crippen molar-refractivity contribution in [3.05, 3.63) is 0 Å². The number of fused-ring (bicyclic) bond motifs is 7. The van der Waals surface area contributed by atoms with E-state index in [-0.39, 0.29) is 11.3 Å². The topological polar surface area (TPSA) is 75.3 Å². The molecule has 0 aromatic carbocycles. The zero-order valence-electron chi connectivity index (χ0n) is 23.1. The van der Waals surface area contributed by atoms with Crippen LogP contribution in [0.25, 0.3) is 0 Å². The van der Waals surface area contributed by atoms with Crippen LogP contribution in [0.5, 0.6) is 0 Å². The summed E-state index contributed by atoms with van der Waals surface area (Å²) in [5.41, 5.74) is 9.91. The van der Waals surface area contributed by atoms with E-state index in [1.807, 2.05) is 5.48 Å². The largest absolute Gasteiger partial charge is 0.327 e. The Morgan fingerprint density at radius 1 is 0.765 bits per heavy atom. The van der Waals surface area contributed by atoms with Crippen molar-refractivity contribution in [2.45, 2.75) is 125 Å². The van der Waals surface area contributed by atoms with Crippen molar-refractivity contribution in [2.75, 3.05) is 0 Å². The minimum atomic E-state index is -0.442. The second kappa shape index (κ2) is 7.46. The van der Waals surface area contributed by atoms with Gasteiger partial charge in [0.1, 0.15) is 0 Å². The highest BCUT2D eigenvalue weighted by atomic mass is 16.5. The number of amides is 1. The minimum Gasteiger partial charge on any atom is -0.327 e. The number of carbonyl (C=O) groups excluding carboxylic acids is 1. The lowest BCUT2D eigenvalue weighted by atomic mass is 9.31. The van der Waals surface area contributed by atoms with Gasteiger partial charge in [-0.15, -0.1) is 0 Å². The first-order valence-electron chi connectivity index (χ1n) is 14.4. The molecule has 194 valence electrons. The molecule has 5 fully saturated rings. The molecular formula is C30H52N2O2. The van der Waals surface area contributed by atoms with Gasteiger partial charge < -0.3 is 5.73 Å². The molecule has 0 spiro atoms. The molecule has 0 bridgehead atoms. The summed E-state index contributed by atoms with van der Waals surface area (Å²) >= 11 is 0. The monoisotopic (exact) mass is 472 g/mol. The van der Waals surface area contributed by atoms with Gasteiger partial charge in [0.05, 0.1) is 0 Å². The van der Waals surface area contributed by atoms with E-state index < -0.39 is 5.41 Å². The Bertz CT molecular complexity index is 857. The summed E-state index contributed by atoms with van der Waals surface area (Å²) in [4.78, 5) is 12.7. The van der Waals surface area contributed by atoms with Gasteiger partial charge in [-0.25, -0.2) is 5.48 Å². The summed E-state index contributed by atoms with van der Waals surface area (Å²) in [5, 5.41) is 9.48. The van der Waals surface area contributed by atoms with Crippen molar-refractivity contribution in [1.29, 1.82) is 0 Å². The van der Waals surface area contributed by atoms with Crippen LogP contribution >= 0.6 is 0 Å². The molecule has 5 aliphatic carbocycles. The smallest absolute Gasteiger partial charge is 0.249 e. The van der Waals surface area contributed by atoms with Crippen LogP contribution < -0.4 is 11.2 Å². The maximum absolute atomic E-state index is 12.7. The lowest BCUT2D eigenvalue weighted by Gasteiger charge is -2.73. The van der Waals surface area contributed by atoms with Crippen molar-refractivity contribution in [2.24, 2.45) is 61.9 Å². The van der Waals surface area contributed by atoms with Crippen LogP contribution in [0, 0.1) is 56.2 Å². The third-order valence-electron chi connectivity index (χ3n) is 14.2. The van der Waals surface area contributed by atoms with Crippen LogP contribution in [-0.4, -0.2) is 17.2 Å². The van der Waals surface area contributed by atoms with Gasteiger partial charge in [0.25, 0.3) is 0 Å². The predicted octanol–water partition coefficient (Wildman–Crippen LogP) is 6.70. The van der Waals surface area contributed by atoms with Gasteiger partial charge in [-0.3, -0.25) is 10.0 Å². The Hall–Kier alpha value is -0.610. The van der Waals surface area contributed by atoms with Crippen molar-refractivity contribution in [3.63, 3.8) is 0 Å². The Labute approximate surface area is 208 Å². The second-order valence-electron chi connectivity index (χ2n) is 15.6. The zero-order chi connectivity index (χ0) is 24.9. The molecule has 0 aliphatic heterocycles. The van der Waals surface area contributed by atoms with Gasteiger partial charge in [-0.2, -0.15) is 0 Å². The average molecular weight is 473 g/mol. The molecule has 1 unspecified atom stereocenters. The standard InChI is InChI=1S/C30H52N2O2/c1-25(2)21-10-13-30(7)22(28(21,5)12-11-23(25)31)9-8-19-20-18-27(4,24(33)32-34)15-14-26(20,3)16-17-29(19,30)6/h19-23,34H,8-18,31H2,1-7H3,(H,32,33)/t19-,20-,21?,22-,23+,26-,27+,28+,29-,30-/m1/s1. The second-order valence-corrected chi connectivity index (χ2v) is 15.6. The van der Waals surface area contributed by atoms with Crippen molar-refractivity contribution in [1.82, 2.24) is 5.48 Å². The van der Waals surface area contributed by atoms with E-state index in [9.17, 15) is 10.0 Å². The molecule has 34 heavy (non-hydrogen) atoms. The number of rotatable bonds is 1. The first kappa shape index (κ1) is 25.1. The summed E-state index contributed by atoms with van der Waals surface area (Å²) < 4.78 is 0. The lowest BCUT2D eigenvalue weighted by molar-refractivity contribution is -0.245. The van der Waals surface area contributed by atoms with Crippen LogP contribution in [0.1, 0.15) is 119 Å². The van der Waals surface area contributed by atoms with Gasteiger partial charge in [-0.1, -0.05) is 48.5 Å². The zero-order valence-corrected chi connectivity index (χ0v) is 23.1. The summed E-state index contributed by atoms with van der Waals surface area (Å²) in [5.74, 6) is 2.57. The van der Waals surface area contributed by atoms with Gasteiger partial charge in [0, 0.05) is 11.5 Å². The molecule has 0 radical (unpaired) electrons. The number of hydroxylamine groups is 1. The first-order chi connectivity index (χ1) is 15.7. The summed E-state index contributed by atoms with van der Waals surface area (Å²) in [6.45, 7) is 17.5. The summed E-state index contributed by atoms with van der Waals surface area (Å²) in [6.07, 6.45) is 13.3. The van der Waals surface area contributed by atoms with Crippen LogP contribution in [-0.2, 0) is 4.79 Å². The quantitative estimate of drug-likeness (QED) is 0.293. The Balaban J connectivity index is 1.51. The fraction of sp³-hybridized carbons (Fsp3) is 0.967. The Kier molecular flexibility index (Phi) is 5.50. The minimum absolute atomic E-state index is 0.171. The van der Waals surface area contributed by atoms with E-state index in [0.29, 0.717) is 39.5 Å². The molecular weight excluding hydrogens is 420 g/mol. The molecule has 1 amide bonds. The van der Waals surface area contributed by atoms with E-state index in [1.54, 1.807) is 0 Å². The maximum Gasteiger partial charge on any atom is 0.249 e. The number of nitrogens with one attached hydrogen (secondary N) is 1. The Morgan fingerprint density at radius 3 is 2.12 bits per heavy atom. The van der Waals surface area contributed by atoms with Crippen molar-refractivity contribution < 1.29 is 10.0 Å². The van der Waals surface area contributed by atoms with E-state index >= 15 is 0 Å². The van der Waals surface area contributed by atoms with E-state index in [0.717, 1.165) is 31.1 Å².